The molecule has 0 aliphatic rings. The lowest BCUT2D eigenvalue weighted by molar-refractivity contribution is 0.0954. The van der Waals surface area contributed by atoms with Gasteiger partial charge in [-0.2, -0.15) is 5.10 Å². The van der Waals surface area contributed by atoms with Crippen LogP contribution < -0.4 is 19.6 Å². The molecule has 0 fully saturated rings. The predicted octanol–water partition coefficient (Wildman–Crippen LogP) is 5.51. The molecule has 0 bridgehead atoms. The zero-order valence-corrected chi connectivity index (χ0v) is 18.4. The van der Waals surface area contributed by atoms with E-state index in [1.807, 2.05) is 13.8 Å². The largest absolute Gasteiger partial charge is 0.490 e. The van der Waals surface area contributed by atoms with Gasteiger partial charge in [-0.1, -0.05) is 42.8 Å². The number of hydrazone groups is 1. The summed E-state index contributed by atoms with van der Waals surface area (Å²) in [5.74, 6) is 1.04. The molecule has 0 aliphatic carbocycles. The molecule has 6 nitrogen and oxygen atoms in total. The number of nitrogens with zero attached hydrogens (tertiary/aromatic N) is 1. The Labute approximate surface area is 186 Å². The van der Waals surface area contributed by atoms with Gasteiger partial charge in [0, 0.05) is 5.56 Å². The Hall–Kier alpha value is -2.70. The zero-order chi connectivity index (χ0) is 21.9. The number of ether oxygens (including phenoxy) is 3. The molecular weight excluding hydrogens is 427 g/mol. The molecule has 0 spiro atoms. The van der Waals surface area contributed by atoms with Crippen molar-refractivity contribution in [2.24, 2.45) is 5.10 Å². The number of carbonyl (C=O) groups excluding carboxylic acids is 1. The first-order valence-electron chi connectivity index (χ1n) is 9.45. The predicted molar refractivity (Wildman–Crippen MR) is 121 cm³/mol. The quantitative estimate of drug-likeness (QED) is 0.278. The van der Waals surface area contributed by atoms with E-state index in [4.69, 9.17) is 37.4 Å². The lowest BCUT2D eigenvalue weighted by Gasteiger charge is -2.12. The van der Waals surface area contributed by atoms with Crippen LogP contribution >= 0.6 is 23.2 Å². The Bertz CT molecular complexity index is 893. The molecule has 2 aromatic carbocycles. The van der Waals surface area contributed by atoms with Crippen molar-refractivity contribution in [3.05, 3.63) is 64.2 Å². The molecule has 0 saturated carbocycles. The molecular formula is C22H24Cl2N2O4. The minimum atomic E-state index is -0.400. The molecule has 0 heterocycles. The van der Waals surface area contributed by atoms with Crippen LogP contribution in [0, 0.1) is 0 Å². The van der Waals surface area contributed by atoms with Gasteiger partial charge in [0.1, 0.15) is 6.61 Å². The maximum absolute atomic E-state index is 12.4. The molecule has 0 saturated heterocycles. The Balaban J connectivity index is 2.08. The molecule has 160 valence electrons. The van der Waals surface area contributed by atoms with Gasteiger partial charge in [0.15, 0.2) is 17.2 Å². The first-order chi connectivity index (χ1) is 14.5. The van der Waals surface area contributed by atoms with Crippen LogP contribution in [0.25, 0.3) is 0 Å². The van der Waals surface area contributed by atoms with E-state index >= 15 is 0 Å². The van der Waals surface area contributed by atoms with E-state index in [1.54, 1.807) is 36.4 Å². The lowest BCUT2D eigenvalue weighted by Crippen LogP contribution is -2.17. The molecule has 0 atom stereocenters. The molecule has 0 radical (unpaired) electrons. The van der Waals surface area contributed by atoms with Gasteiger partial charge >= 0.3 is 0 Å². The summed E-state index contributed by atoms with van der Waals surface area (Å²) in [6.45, 7) is 8.75. The Morgan fingerprint density at radius 3 is 2.47 bits per heavy atom. The molecule has 30 heavy (non-hydrogen) atoms. The van der Waals surface area contributed by atoms with Crippen molar-refractivity contribution in [3.8, 4) is 17.2 Å². The summed E-state index contributed by atoms with van der Waals surface area (Å²) < 4.78 is 16.6. The van der Waals surface area contributed by atoms with Crippen molar-refractivity contribution in [2.75, 3.05) is 19.8 Å². The number of nitrogens with one attached hydrogen (secondary N) is 1. The summed E-state index contributed by atoms with van der Waals surface area (Å²) in [6.07, 6.45) is 3.92. The van der Waals surface area contributed by atoms with Gasteiger partial charge in [-0.15, -0.1) is 0 Å². The van der Waals surface area contributed by atoms with Crippen molar-refractivity contribution < 1.29 is 19.0 Å². The summed E-state index contributed by atoms with van der Waals surface area (Å²) in [5, 5.41) is 4.72. The van der Waals surface area contributed by atoms with E-state index in [9.17, 15) is 4.79 Å². The molecule has 0 aliphatic heterocycles. The van der Waals surface area contributed by atoms with E-state index in [0.29, 0.717) is 58.2 Å². The van der Waals surface area contributed by atoms with Crippen molar-refractivity contribution in [1.82, 2.24) is 5.43 Å². The topological polar surface area (TPSA) is 69.2 Å². The van der Waals surface area contributed by atoms with Crippen LogP contribution in [0.3, 0.4) is 0 Å². The standard InChI is InChI=1S/C22H24Cl2N2O4/c1-4-9-29-19-8-7-16(13-20(19)28-6-3)22(27)26-25-14-15-11-17(23)21(18(24)12-15)30-10-5-2/h4,7-8,11-14H,1,5-6,9-10H2,2-3H3,(H,26,27)/b25-14+. The van der Waals surface area contributed by atoms with E-state index in [2.05, 4.69) is 17.1 Å². The van der Waals surface area contributed by atoms with Gasteiger partial charge in [-0.05, 0) is 49.2 Å². The molecule has 2 rings (SSSR count). The monoisotopic (exact) mass is 450 g/mol. The highest BCUT2D eigenvalue weighted by Crippen LogP contribution is 2.34. The fraction of sp³-hybridized carbons (Fsp3) is 0.273. The van der Waals surface area contributed by atoms with Crippen LogP contribution in [0.4, 0.5) is 0 Å². The molecule has 2 aromatic rings. The number of hydrogen-bond acceptors (Lipinski definition) is 5. The van der Waals surface area contributed by atoms with Gasteiger partial charge in [0.25, 0.3) is 5.91 Å². The summed E-state index contributed by atoms with van der Waals surface area (Å²) >= 11 is 12.4. The Kier molecular flexibility index (Phi) is 9.51. The highest BCUT2D eigenvalue weighted by molar-refractivity contribution is 6.37. The fourth-order valence-corrected chi connectivity index (χ4v) is 3.02. The van der Waals surface area contributed by atoms with Crippen molar-refractivity contribution in [1.29, 1.82) is 0 Å². The highest BCUT2D eigenvalue weighted by atomic mass is 35.5. The van der Waals surface area contributed by atoms with Gasteiger partial charge < -0.3 is 14.2 Å². The van der Waals surface area contributed by atoms with E-state index in [1.165, 1.54) is 6.21 Å². The van der Waals surface area contributed by atoms with E-state index in [-0.39, 0.29) is 0 Å². The second-order valence-corrected chi connectivity index (χ2v) is 6.87. The van der Waals surface area contributed by atoms with Crippen LogP contribution in [0.1, 0.15) is 36.2 Å². The molecule has 1 N–H and O–H groups in total. The van der Waals surface area contributed by atoms with Crippen molar-refractivity contribution >= 4 is 35.3 Å². The number of hydrogen-bond donors (Lipinski definition) is 1. The minimum Gasteiger partial charge on any atom is -0.490 e. The van der Waals surface area contributed by atoms with E-state index < -0.39 is 5.91 Å². The number of carbonyl (C=O) groups is 1. The zero-order valence-electron chi connectivity index (χ0n) is 16.9. The first-order valence-corrected chi connectivity index (χ1v) is 10.2. The lowest BCUT2D eigenvalue weighted by atomic mass is 10.2. The number of rotatable bonds is 11. The molecule has 8 heteroatoms. The highest BCUT2D eigenvalue weighted by Gasteiger charge is 2.12. The minimum absolute atomic E-state index is 0.337. The summed E-state index contributed by atoms with van der Waals surface area (Å²) in [6, 6.07) is 8.21. The SMILES string of the molecule is C=CCOc1ccc(C(=O)N/N=C/c2cc(Cl)c(OCCC)c(Cl)c2)cc1OCC. The third-order valence-corrected chi connectivity index (χ3v) is 4.27. The smallest absolute Gasteiger partial charge is 0.271 e. The maximum Gasteiger partial charge on any atom is 0.271 e. The van der Waals surface area contributed by atoms with Crippen molar-refractivity contribution in [3.63, 3.8) is 0 Å². The van der Waals surface area contributed by atoms with Gasteiger partial charge in [0.05, 0.1) is 29.5 Å². The first kappa shape index (κ1) is 23.6. The third-order valence-electron chi connectivity index (χ3n) is 3.71. The van der Waals surface area contributed by atoms with Crippen molar-refractivity contribution in [2.45, 2.75) is 20.3 Å². The number of halogens is 2. The van der Waals surface area contributed by atoms with Crippen LogP contribution in [0.15, 0.2) is 48.1 Å². The third kappa shape index (κ3) is 6.68. The van der Waals surface area contributed by atoms with Gasteiger partial charge in [0.2, 0.25) is 0 Å². The average Bonchev–Trinajstić information content (AvgIpc) is 2.72. The molecule has 1 amide bonds. The fourth-order valence-electron chi connectivity index (χ4n) is 2.41. The van der Waals surface area contributed by atoms with Crippen LogP contribution in [-0.4, -0.2) is 31.9 Å². The summed E-state index contributed by atoms with van der Waals surface area (Å²) in [4.78, 5) is 12.4. The van der Waals surface area contributed by atoms with Gasteiger partial charge in [-0.3, -0.25) is 4.79 Å². The van der Waals surface area contributed by atoms with Crippen LogP contribution in [-0.2, 0) is 0 Å². The second kappa shape index (κ2) is 12.1. The second-order valence-electron chi connectivity index (χ2n) is 6.06. The summed E-state index contributed by atoms with van der Waals surface area (Å²) in [7, 11) is 0. The van der Waals surface area contributed by atoms with Gasteiger partial charge in [-0.25, -0.2) is 5.43 Å². The Morgan fingerprint density at radius 2 is 1.83 bits per heavy atom. The number of benzene rings is 2. The molecule has 0 aromatic heterocycles. The maximum atomic E-state index is 12.4. The van der Waals surface area contributed by atoms with Crippen LogP contribution in [0.5, 0.6) is 17.2 Å². The number of amides is 1. The molecule has 0 unspecified atom stereocenters. The average molecular weight is 451 g/mol. The summed E-state index contributed by atoms with van der Waals surface area (Å²) in [5.41, 5.74) is 3.47. The van der Waals surface area contributed by atoms with Crippen LogP contribution in [0.2, 0.25) is 10.0 Å². The normalized spacial score (nSPS) is 10.7. The Morgan fingerprint density at radius 1 is 1.10 bits per heavy atom. The van der Waals surface area contributed by atoms with E-state index in [0.717, 1.165) is 6.42 Å².